The van der Waals surface area contributed by atoms with Crippen LogP contribution in [-0.2, 0) is 4.79 Å². The Morgan fingerprint density at radius 1 is 1.21 bits per heavy atom. The number of aryl methyl sites for hydroxylation is 1. The highest BCUT2D eigenvalue weighted by Gasteiger charge is 2.16. The van der Waals surface area contributed by atoms with Gasteiger partial charge in [-0.1, -0.05) is 45.2 Å². The lowest BCUT2D eigenvalue weighted by Gasteiger charge is -2.20. The highest BCUT2D eigenvalue weighted by molar-refractivity contribution is 5.90. The van der Waals surface area contributed by atoms with Gasteiger partial charge in [0.15, 0.2) is 0 Å². The van der Waals surface area contributed by atoms with E-state index in [1.165, 1.54) is 37.7 Å². The molecule has 106 valence electrons. The van der Waals surface area contributed by atoms with Crippen LogP contribution in [0.1, 0.15) is 57.9 Å². The molecule has 1 aromatic carbocycles. The van der Waals surface area contributed by atoms with Crippen LogP contribution in [0.5, 0.6) is 0 Å². The molecule has 2 rings (SSSR count). The molecule has 1 saturated carbocycles. The van der Waals surface area contributed by atoms with E-state index in [0.717, 1.165) is 5.69 Å². The van der Waals surface area contributed by atoms with Crippen LogP contribution in [0.3, 0.4) is 0 Å². The normalized spacial score (nSPS) is 15.3. The minimum absolute atomic E-state index is 0.169. The smallest absolute Gasteiger partial charge is 0.224 e. The molecule has 0 bridgehead atoms. The molecule has 2 heteroatoms. The number of amides is 1. The van der Waals surface area contributed by atoms with Crippen molar-refractivity contribution in [3.05, 3.63) is 29.8 Å². The molecule has 1 aliphatic carbocycles. The average Bonchev–Trinajstić information content (AvgIpc) is 2.42. The third-order valence-electron chi connectivity index (χ3n) is 3.50. The van der Waals surface area contributed by atoms with Crippen LogP contribution in [-0.4, -0.2) is 5.91 Å². The number of rotatable bonds is 3. The Bertz CT molecular complexity index is 381. The molecule has 19 heavy (non-hydrogen) atoms. The molecule has 1 amide bonds. The van der Waals surface area contributed by atoms with Crippen LogP contribution in [0.4, 0.5) is 5.69 Å². The van der Waals surface area contributed by atoms with Crippen molar-refractivity contribution in [2.45, 2.75) is 59.3 Å². The summed E-state index contributed by atoms with van der Waals surface area (Å²) < 4.78 is 0. The zero-order valence-corrected chi connectivity index (χ0v) is 12.5. The van der Waals surface area contributed by atoms with Crippen molar-refractivity contribution < 1.29 is 4.79 Å². The van der Waals surface area contributed by atoms with E-state index in [0.29, 0.717) is 12.3 Å². The van der Waals surface area contributed by atoms with Gasteiger partial charge < -0.3 is 5.32 Å². The minimum Gasteiger partial charge on any atom is -0.326 e. The van der Waals surface area contributed by atoms with Crippen LogP contribution < -0.4 is 5.32 Å². The number of benzene rings is 1. The van der Waals surface area contributed by atoms with E-state index in [1.807, 2.05) is 45.0 Å². The second-order valence-corrected chi connectivity index (χ2v) is 5.13. The molecule has 2 nitrogen and oxygen atoms in total. The van der Waals surface area contributed by atoms with Gasteiger partial charge >= 0.3 is 0 Å². The summed E-state index contributed by atoms with van der Waals surface area (Å²) in [6.07, 6.45) is 7.07. The predicted octanol–water partition coefficient (Wildman–Crippen LogP) is 4.93. The lowest BCUT2D eigenvalue weighted by molar-refractivity contribution is -0.117. The maximum Gasteiger partial charge on any atom is 0.224 e. The molecule has 1 fully saturated rings. The first-order valence-electron chi connectivity index (χ1n) is 7.60. The molecule has 1 aromatic rings. The average molecular weight is 261 g/mol. The number of carbonyl (C=O) groups excluding carboxylic acids is 1. The van der Waals surface area contributed by atoms with Crippen molar-refractivity contribution in [1.82, 2.24) is 0 Å². The summed E-state index contributed by atoms with van der Waals surface area (Å²) in [6.45, 7) is 6.04. The zero-order valence-electron chi connectivity index (χ0n) is 12.5. The van der Waals surface area contributed by atoms with E-state index >= 15 is 0 Å². The summed E-state index contributed by atoms with van der Waals surface area (Å²) in [7, 11) is 0. The minimum atomic E-state index is 0.169. The lowest BCUT2D eigenvalue weighted by atomic mass is 9.87. The summed E-state index contributed by atoms with van der Waals surface area (Å²) in [5, 5.41) is 2.99. The molecule has 0 aromatic heterocycles. The summed E-state index contributed by atoms with van der Waals surface area (Å²) in [5.74, 6) is 0.774. The second-order valence-electron chi connectivity index (χ2n) is 5.13. The van der Waals surface area contributed by atoms with Gasteiger partial charge in [-0.15, -0.1) is 0 Å². The number of anilines is 1. The first-order valence-corrected chi connectivity index (χ1v) is 7.60. The fourth-order valence-electron chi connectivity index (χ4n) is 2.59. The Labute approximate surface area is 117 Å². The van der Waals surface area contributed by atoms with Gasteiger partial charge in [0.1, 0.15) is 0 Å². The van der Waals surface area contributed by atoms with E-state index in [1.54, 1.807) is 0 Å². The van der Waals surface area contributed by atoms with Gasteiger partial charge in [0, 0.05) is 12.1 Å². The fourth-order valence-corrected chi connectivity index (χ4v) is 2.59. The monoisotopic (exact) mass is 261 g/mol. The van der Waals surface area contributed by atoms with Crippen LogP contribution in [0.2, 0.25) is 0 Å². The van der Waals surface area contributed by atoms with Crippen LogP contribution in [0.15, 0.2) is 24.3 Å². The number of hydrogen-bond acceptors (Lipinski definition) is 1. The molecule has 0 saturated heterocycles. The van der Waals surface area contributed by atoms with E-state index in [4.69, 9.17) is 0 Å². The fraction of sp³-hybridized carbons (Fsp3) is 0.588. The number of nitrogens with one attached hydrogen (secondary N) is 1. The lowest BCUT2D eigenvalue weighted by Crippen LogP contribution is -2.18. The Hall–Kier alpha value is -1.31. The summed E-state index contributed by atoms with van der Waals surface area (Å²) in [4.78, 5) is 11.9. The molecule has 0 aliphatic heterocycles. The van der Waals surface area contributed by atoms with Gasteiger partial charge in [0.25, 0.3) is 0 Å². The molecule has 0 heterocycles. The SMILES string of the molecule is CC.Cc1cccc(NC(=O)CC2CCCCC2)c1. The number of carbonyl (C=O) groups is 1. The van der Waals surface area contributed by atoms with Gasteiger partial charge in [-0.25, -0.2) is 0 Å². The molecule has 0 unspecified atom stereocenters. The van der Waals surface area contributed by atoms with E-state index in [9.17, 15) is 4.79 Å². The highest BCUT2D eigenvalue weighted by atomic mass is 16.1. The largest absolute Gasteiger partial charge is 0.326 e. The Morgan fingerprint density at radius 3 is 2.53 bits per heavy atom. The van der Waals surface area contributed by atoms with Crippen LogP contribution in [0.25, 0.3) is 0 Å². The molecule has 0 spiro atoms. The second kappa shape index (κ2) is 8.73. The molecular formula is C17H27NO. The van der Waals surface area contributed by atoms with Crippen molar-refractivity contribution in [2.24, 2.45) is 5.92 Å². The van der Waals surface area contributed by atoms with Gasteiger partial charge in [-0.2, -0.15) is 0 Å². The van der Waals surface area contributed by atoms with E-state index in [-0.39, 0.29) is 5.91 Å². The summed E-state index contributed by atoms with van der Waals surface area (Å²) >= 11 is 0. The Morgan fingerprint density at radius 2 is 1.89 bits per heavy atom. The van der Waals surface area contributed by atoms with E-state index in [2.05, 4.69) is 5.32 Å². The quantitative estimate of drug-likeness (QED) is 0.821. The topological polar surface area (TPSA) is 29.1 Å². The summed E-state index contributed by atoms with van der Waals surface area (Å²) in [5.41, 5.74) is 2.10. The Kier molecular flexibility index (Phi) is 7.24. The molecule has 0 atom stereocenters. The molecular weight excluding hydrogens is 234 g/mol. The van der Waals surface area contributed by atoms with Crippen molar-refractivity contribution in [1.29, 1.82) is 0 Å². The summed E-state index contributed by atoms with van der Waals surface area (Å²) in [6, 6.07) is 7.98. The van der Waals surface area contributed by atoms with Crippen molar-refractivity contribution in [3.8, 4) is 0 Å². The number of hydrogen-bond donors (Lipinski definition) is 1. The maximum absolute atomic E-state index is 11.9. The Balaban J connectivity index is 0.000000861. The third-order valence-corrected chi connectivity index (χ3v) is 3.50. The highest BCUT2D eigenvalue weighted by Crippen LogP contribution is 2.26. The molecule has 1 aliphatic rings. The zero-order chi connectivity index (χ0) is 14.1. The van der Waals surface area contributed by atoms with Crippen molar-refractivity contribution >= 4 is 11.6 Å². The predicted molar refractivity (Wildman–Crippen MR) is 82.3 cm³/mol. The first-order chi connectivity index (χ1) is 9.24. The molecule has 0 radical (unpaired) electrons. The maximum atomic E-state index is 11.9. The first kappa shape index (κ1) is 15.7. The van der Waals surface area contributed by atoms with E-state index < -0.39 is 0 Å². The van der Waals surface area contributed by atoms with Crippen molar-refractivity contribution in [2.75, 3.05) is 5.32 Å². The van der Waals surface area contributed by atoms with Crippen LogP contribution in [0, 0.1) is 12.8 Å². The molecule has 1 N–H and O–H groups in total. The van der Waals surface area contributed by atoms with Gasteiger partial charge in [0.05, 0.1) is 0 Å². The van der Waals surface area contributed by atoms with Crippen molar-refractivity contribution in [3.63, 3.8) is 0 Å². The third kappa shape index (κ3) is 5.91. The van der Waals surface area contributed by atoms with Gasteiger partial charge in [-0.3, -0.25) is 4.79 Å². The van der Waals surface area contributed by atoms with Crippen LogP contribution >= 0.6 is 0 Å². The van der Waals surface area contributed by atoms with Gasteiger partial charge in [-0.05, 0) is 43.4 Å². The standard InChI is InChI=1S/C15H21NO.C2H6/c1-12-6-5-9-14(10-12)16-15(17)11-13-7-3-2-4-8-13;1-2/h5-6,9-10,13H,2-4,7-8,11H2,1H3,(H,16,17);1-2H3. The van der Waals surface area contributed by atoms with Gasteiger partial charge in [0.2, 0.25) is 5.91 Å².